The van der Waals surface area contributed by atoms with Crippen molar-refractivity contribution in [2.45, 2.75) is 13.5 Å². The number of rotatable bonds is 4. The molecule has 0 aliphatic rings. The van der Waals surface area contributed by atoms with E-state index in [1.807, 2.05) is 31.2 Å². The van der Waals surface area contributed by atoms with E-state index >= 15 is 0 Å². The van der Waals surface area contributed by atoms with Crippen LogP contribution in [0, 0.1) is 6.92 Å². The van der Waals surface area contributed by atoms with Crippen LogP contribution < -0.4 is 9.47 Å². The van der Waals surface area contributed by atoms with E-state index in [9.17, 15) is 4.79 Å². The van der Waals surface area contributed by atoms with Gasteiger partial charge >= 0.3 is 6.09 Å². The van der Waals surface area contributed by atoms with E-state index in [4.69, 9.17) is 13.9 Å². The lowest BCUT2D eigenvalue weighted by atomic mass is 10.2. The summed E-state index contributed by atoms with van der Waals surface area (Å²) in [6.07, 6.45) is -0.422. The number of aromatic nitrogens is 1. The van der Waals surface area contributed by atoms with Crippen molar-refractivity contribution in [1.29, 1.82) is 0 Å². The summed E-state index contributed by atoms with van der Waals surface area (Å²) in [5.41, 5.74) is 2.40. The van der Waals surface area contributed by atoms with Gasteiger partial charge in [-0.25, -0.2) is 9.78 Å². The summed E-state index contributed by atoms with van der Waals surface area (Å²) in [6.45, 7) is 2.11. The summed E-state index contributed by atoms with van der Waals surface area (Å²) < 4.78 is 16.6. The number of ether oxygens (including phenoxy) is 2. The molecule has 0 N–H and O–H groups in total. The second-order valence-corrected chi connectivity index (χ2v) is 5.55. The van der Waals surface area contributed by atoms with Crippen LogP contribution >= 0.6 is 0 Å². The molecule has 0 spiro atoms. The van der Waals surface area contributed by atoms with Crippen molar-refractivity contribution >= 4 is 17.2 Å². The maximum atomic E-state index is 11.6. The SMILES string of the molecule is Cc1cc(OC(=O)N(C)C)ccc1OCc1nc2ccccc2o1. The van der Waals surface area contributed by atoms with Crippen LogP contribution in [0.1, 0.15) is 11.5 Å². The predicted molar refractivity (Wildman–Crippen MR) is 89.2 cm³/mol. The molecule has 0 bridgehead atoms. The fourth-order valence-corrected chi connectivity index (χ4v) is 2.16. The van der Waals surface area contributed by atoms with Gasteiger partial charge in [-0.15, -0.1) is 0 Å². The average Bonchev–Trinajstić information content (AvgIpc) is 2.96. The fraction of sp³-hybridized carbons (Fsp3) is 0.222. The molecule has 0 saturated heterocycles. The third-order valence-corrected chi connectivity index (χ3v) is 3.41. The zero-order chi connectivity index (χ0) is 17.1. The van der Waals surface area contributed by atoms with Gasteiger partial charge in [-0.2, -0.15) is 0 Å². The topological polar surface area (TPSA) is 64.8 Å². The molecule has 3 rings (SSSR count). The van der Waals surface area contributed by atoms with Gasteiger partial charge in [0.05, 0.1) is 0 Å². The van der Waals surface area contributed by atoms with Crippen molar-refractivity contribution in [3.05, 3.63) is 53.9 Å². The molecular weight excluding hydrogens is 308 g/mol. The molecule has 124 valence electrons. The summed E-state index contributed by atoms with van der Waals surface area (Å²) in [6, 6.07) is 12.8. The van der Waals surface area contributed by atoms with Crippen molar-refractivity contribution in [3.63, 3.8) is 0 Å². The third kappa shape index (κ3) is 3.48. The molecule has 2 aromatic carbocycles. The lowest BCUT2D eigenvalue weighted by Crippen LogP contribution is -2.25. The number of carbonyl (C=O) groups excluding carboxylic acids is 1. The Morgan fingerprint density at radius 2 is 2.00 bits per heavy atom. The molecule has 0 atom stereocenters. The van der Waals surface area contributed by atoms with Crippen molar-refractivity contribution in [2.24, 2.45) is 0 Å². The van der Waals surface area contributed by atoms with Crippen LogP contribution in [0.25, 0.3) is 11.1 Å². The molecule has 0 aliphatic carbocycles. The Labute approximate surface area is 139 Å². The number of fused-ring (bicyclic) bond motifs is 1. The highest BCUT2D eigenvalue weighted by molar-refractivity contribution is 5.72. The van der Waals surface area contributed by atoms with Gasteiger partial charge in [0.25, 0.3) is 0 Å². The lowest BCUT2D eigenvalue weighted by Gasteiger charge is -2.12. The highest BCUT2D eigenvalue weighted by Gasteiger charge is 2.10. The number of oxazole rings is 1. The normalized spacial score (nSPS) is 10.6. The highest BCUT2D eigenvalue weighted by atomic mass is 16.6. The van der Waals surface area contributed by atoms with Crippen molar-refractivity contribution in [2.75, 3.05) is 14.1 Å². The minimum absolute atomic E-state index is 0.229. The minimum atomic E-state index is -0.422. The van der Waals surface area contributed by atoms with Gasteiger partial charge in [-0.05, 0) is 42.8 Å². The van der Waals surface area contributed by atoms with E-state index in [1.54, 1.807) is 32.3 Å². The van der Waals surface area contributed by atoms with Crippen LogP contribution in [0.3, 0.4) is 0 Å². The maximum Gasteiger partial charge on any atom is 0.414 e. The Kier molecular flexibility index (Phi) is 4.37. The first-order chi connectivity index (χ1) is 11.5. The van der Waals surface area contributed by atoms with E-state index < -0.39 is 6.09 Å². The summed E-state index contributed by atoms with van der Waals surface area (Å²) in [7, 11) is 3.26. The molecule has 1 aromatic heterocycles. The van der Waals surface area contributed by atoms with Crippen LogP contribution in [0.2, 0.25) is 0 Å². The van der Waals surface area contributed by atoms with E-state index in [2.05, 4.69) is 4.98 Å². The Morgan fingerprint density at radius 3 is 2.71 bits per heavy atom. The zero-order valence-corrected chi connectivity index (χ0v) is 13.8. The molecule has 24 heavy (non-hydrogen) atoms. The van der Waals surface area contributed by atoms with Crippen molar-refractivity contribution in [1.82, 2.24) is 9.88 Å². The van der Waals surface area contributed by atoms with Crippen molar-refractivity contribution in [3.8, 4) is 11.5 Å². The van der Waals surface area contributed by atoms with Crippen LogP contribution in [-0.2, 0) is 6.61 Å². The molecular formula is C18H18N2O4. The van der Waals surface area contributed by atoms with Gasteiger partial charge < -0.3 is 18.8 Å². The Bertz CT molecular complexity index is 837. The molecule has 1 heterocycles. The summed E-state index contributed by atoms with van der Waals surface area (Å²) >= 11 is 0. The lowest BCUT2D eigenvalue weighted by molar-refractivity contribution is 0.172. The van der Waals surface area contributed by atoms with E-state index in [0.717, 1.165) is 16.7 Å². The number of carbonyl (C=O) groups is 1. The van der Waals surface area contributed by atoms with Gasteiger partial charge in [0.1, 0.15) is 17.0 Å². The van der Waals surface area contributed by atoms with Gasteiger partial charge in [-0.3, -0.25) is 0 Å². The van der Waals surface area contributed by atoms with Gasteiger partial charge in [0.15, 0.2) is 12.2 Å². The van der Waals surface area contributed by atoms with E-state index in [1.165, 1.54) is 4.90 Å². The average molecular weight is 326 g/mol. The number of hydrogen-bond donors (Lipinski definition) is 0. The number of nitrogens with zero attached hydrogens (tertiary/aromatic N) is 2. The van der Waals surface area contributed by atoms with Gasteiger partial charge in [0.2, 0.25) is 5.89 Å². The Hall–Kier alpha value is -3.02. The van der Waals surface area contributed by atoms with Crippen LogP contribution in [0.5, 0.6) is 11.5 Å². The molecule has 6 nitrogen and oxygen atoms in total. The second kappa shape index (κ2) is 6.62. The second-order valence-electron chi connectivity index (χ2n) is 5.55. The fourth-order valence-electron chi connectivity index (χ4n) is 2.16. The number of para-hydroxylation sites is 2. The quantitative estimate of drug-likeness (QED) is 0.730. The maximum absolute atomic E-state index is 11.6. The first kappa shape index (κ1) is 15.9. The first-order valence-corrected chi connectivity index (χ1v) is 7.50. The van der Waals surface area contributed by atoms with Crippen molar-refractivity contribution < 1.29 is 18.7 Å². The van der Waals surface area contributed by atoms with E-state index in [0.29, 0.717) is 17.4 Å². The molecule has 1 amide bonds. The molecule has 0 radical (unpaired) electrons. The standard InChI is InChI=1S/C18H18N2O4/c1-12-10-13(23-18(21)20(2)3)8-9-15(12)22-11-17-19-14-6-4-5-7-16(14)24-17/h4-10H,11H2,1-3H3. The molecule has 0 unspecified atom stereocenters. The Balaban J connectivity index is 1.67. The molecule has 0 saturated carbocycles. The smallest absolute Gasteiger partial charge is 0.414 e. The monoisotopic (exact) mass is 326 g/mol. The third-order valence-electron chi connectivity index (χ3n) is 3.41. The summed E-state index contributed by atoms with van der Waals surface area (Å²) in [4.78, 5) is 17.3. The van der Waals surface area contributed by atoms with Gasteiger partial charge in [-0.1, -0.05) is 12.1 Å². The number of hydrogen-bond acceptors (Lipinski definition) is 5. The predicted octanol–water partition coefficient (Wildman–Crippen LogP) is 3.78. The van der Waals surface area contributed by atoms with Crippen LogP contribution in [0.4, 0.5) is 4.79 Å². The van der Waals surface area contributed by atoms with Crippen LogP contribution in [-0.4, -0.2) is 30.1 Å². The molecule has 6 heteroatoms. The number of aryl methyl sites for hydroxylation is 1. The van der Waals surface area contributed by atoms with Crippen LogP contribution in [0.15, 0.2) is 46.9 Å². The summed E-state index contributed by atoms with van der Waals surface area (Å²) in [5.74, 6) is 1.67. The molecule has 0 aliphatic heterocycles. The van der Waals surface area contributed by atoms with Gasteiger partial charge in [0, 0.05) is 14.1 Å². The largest absolute Gasteiger partial charge is 0.484 e. The number of benzene rings is 2. The number of amides is 1. The zero-order valence-electron chi connectivity index (χ0n) is 13.8. The molecule has 3 aromatic rings. The molecule has 0 fully saturated rings. The first-order valence-electron chi connectivity index (χ1n) is 7.50. The minimum Gasteiger partial charge on any atom is -0.484 e. The summed E-state index contributed by atoms with van der Waals surface area (Å²) in [5, 5.41) is 0. The van der Waals surface area contributed by atoms with E-state index in [-0.39, 0.29) is 6.61 Å². The highest BCUT2D eigenvalue weighted by Crippen LogP contribution is 2.25. The Morgan fingerprint density at radius 1 is 1.21 bits per heavy atom.